The predicted octanol–water partition coefficient (Wildman–Crippen LogP) is 2.18. The zero-order valence-electron chi connectivity index (χ0n) is 10.2. The van der Waals surface area contributed by atoms with Crippen molar-refractivity contribution < 1.29 is 0 Å². The fraction of sp³-hybridized carbons (Fsp3) is 0.250. The molecule has 0 bridgehead atoms. The second kappa shape index (κ2) is 4.06. The van der Waals surface area contributed by atoms with Crippen LogP contribution in [0.15, 0.2) is 24.4 Å². The number of nitrogens with one attached hydrogen (secondary N) is 1. The van der Waals surface area contributed by atoms with Gasteiger partial charge in [0.05, 0.1) is 17.9 Å². The fourth-order valence-corrected chi connectivity index (χ4v) is 2.43. The summed E-state index contributed by atoms with van der Waals surface area (Å²) in [6, 6.07) is 5.87. The molecule has 0 unspecified atom stereocenters. The summed E-state index contributed by atoms with van der Waals surface area (Å²) in [5.41, 5.74) is 3.94. The Balaban J connectivity index is 2.17. The van der Waals surface area contributed by atoms with Crippen LogP contribution in [0.4, 0.5) is 0 Å². The second-order valence-electron chi connectivity index (χ2n) is 4.24. The third kappa shape index (κ3) is 1.65. The van der Waals surface area contributed by atoms with Crippen LogP contribution in [0.5, 0.6) is 0 Å². The number of rotatable bonds is 2. The average Bonchev–Trinajstić information content (AvgIpc) is 2.81. The van der Waals surface area contributed by atoms with Crippen LogP contribution >= 0.6 is 12.2 Å². The molecule has 92 valence electrons. The maximum absolute atomic E-state index is 5.36. The molecule has 0 aliphatic rings. The summed E-state index contributed by atoms with van der Waals surface area (Å²) in [4.78, 5) is 7.53. The molecule has 3 aromatic heterocycles. The third-order valence-electron chi connectivity index (χ3n) is 2.97. The normalized spacial score (nSPS) is 11.2. The lowest BCUT2D eigenvalue weighted by molar-refractivity contribution is 0.707. The number of pyridine rings is 1. The lowest BCUT2D eigenvalue weighted by Gasteiger charge is -2.03. The van der Waals surface area contributed by atoms with Crippen molar-refractivity contribution in [1.82, 2.24) is 24.3 Å². The highest BCUT2D eigenvalue weighted by Crippen LogP contribution is 2.17. The number of H-pyrrole nitrogens is 1. The highest BCUT2D eigenvalue weighted by Gasteiger charge is 2.12. The summed E-state index contributed by atoms with van der Waals surface area (Å²) in [5.74, 6) is 0. The van der Waals surface area contributed by atoms with Gasteiger partial charge in [0, 0.05) is 13.2 Å². The van der Waals surface area contributed by atoms with Crippen molar-refractivity contribution in [3.05, 3.63) is 40.6 Å². The summed E-state index contributed by atoms with van der Waals surface area (Å²) in [6.07, 6.45) is 1.79. The number of aryl methyl sites for hydroxylation is 2. The van der Waals surface area contributed by atoms with Gasteiger partial charge in [0.1, 0.15) is 5.52 Å². The van der Waals surface area contributed by atoms with Crippen LogP contribution in [0, 0.1) is 11.7 Å². The minimum Gasteiger partial charge on any atom is -0.328 e. The van der Waals surface area contributed by atoms with E-state index in [0.29, 0.717) is 11.3 Å². The first-order valence-corrected chi connectivity index (χ1v) is 6.09. The summed E-state index contributed by atoms with van der Waals surface area (Å²) >= 11 is 5.36. The molecular weight excluding hydrogens is 246 g/mol. The minimum absolute atomic E-state index is 0.651. The molecule has 0 aromatic carbocycles. The van der Waals surface area contributed by atoms with Gasteiger partial charge in [-0.25, -0.2) is 0 Å². The summed E-state index contributed by atoms with van der Waals surface area (Å²) in [7, 11) is 1.92. The van der Waals surface area contributed by atoms with Crippen LogP contribution in [-0.2, 0) is 13.6 Å². The second-order valence-corrected chi connectivity index (χ2v) is 4.63. The Bertz CT molecular complexity index is 750. The van der Waals surface area contributed by atoms with Crippen LogP contribution in [0.25, 0.3) is 11.2 Å². The Morgan fingerprint density at radius 1 is 1.39 bits per heavy atom. The van der Waals surface area contributed by atoms with Crippen molar-refractivity contribution in [2.45, 2.75) is 13.5 Å². The number of hydrogen-bond donors (Lipinski definition) is 1. The van der Waals surface area contributed by atoms with E-state index >= 15 is 0 Å². The first-order chi connectivity index (χ1) is 8.66. The number of hydrogen-bond acceptors (Lipinski definition) is 3. The Morgan fingerprint density at radius 2 is 2.22 bits per heavy atom. The van der Waals surface area contributed by atoms with E-state index in [0.717, 1.165) is 22.6 Å². The number of aromatic nitrogens is 5. The molecule has 3 rings (SSSR count). The van der Waals surface area contributed by atoms with Gasteiger partial charge in [-0.05, 0) is 31.3 Å². The number of imidazole rings is 1. The van der Waals surface area contributed by atoms with E-state index in [4.69, 9.17) is 12.2 Å². The SMILES string of the molecule is Cc1nn(C)c2c1[nH]c(=S)n2Cc1ccccn1. The Hall–Kier alpha value is -1.95. The molecule has 0 saturated carbocycles. The fourth-order valence-electron chi connectivity index (χ4n) is 2.17. The zero-order valence-corrected chi connectivity index (χ0v) is 11.0. The molecule has 5 nitrogen and oxygen atoms in total. The first kappa shape index (κ1) is 11.2. The Labute approximate surface area is 109 Å². The largest absolute Gasteiger partial charge is 0.328 e. The lowest BCUT2D eigenvalue weighted by Crippen LogP contribution is -2.05. The highest BCUT2D eigenvalue weighted by molar-refractivity contribution is 7.71. The predicted molar refractivity (Wildman–Crippen MR) is 72.0 cm³/mol. The van der Waals surface area contributed by atoms with Gasteiger partial charge in [-0.15, -0.1) is 0 Å². The third-order valence-corrected chi connectivity index (χ3v) is 3.29. The molecular formula is C12H13N5S. The Morgan fingerprint density at radius 3 is 2.94 bits per heavy atom. The van der Waals surface area contributed by atoms with Gasteiger partial charge in [-0.2, -0.15) is 5.10 Å². The molecule has 3 heterocycles. The molecule has 0 atom stereocenters. The molecule has 0 spiro atoms. The standard InChI is InChI=1S/C12H13N5S/c1-8-10-11(16(2)15-8)17(12(18)14-10)7-9-5-3-4-6-13-9/h3-6H,7H2,1-2H3,(H,14,18). The van der Waals surface area contributed by atoms with E-state index in [2.05, 4.69) is 15.1 Å². The van der Waals surface area contributed by atoms with Gasteiger partial charge in [-0.1, -0.05) is 6.07 Å². The lowest BCUT2D eigenvalue weighted by atomic mass is 10.3. The van der Waals surface area contributed by atoms with E-state index in [1.165, 1.54) is 0 Å². The average molecular weight is 259 g/mol. The van der Waals surface area contributed by atoms with Crippen molar-refractivity contribution >= 4 is 23.4 Å². The monoisotopic (exact) mass is 259 g/mol. The molecule has 18 heavy (non-hydrogen) atoms. The van der Waals surface area contributed by atoms with E-state index in [1.54, 1.807) is 6.20 Å². The van der Waals surface area contributed by atoms with Crippen LogP contribution in [-0.4, -0.2) is 24.3 Å². The molecule has 6 heteroatoms. The molecule has 0 saturated heterocycles. The van der Waals surface area contributed by atoms with Crippen LogP contribution < -0.4 is 0 Å². The van der Waals surface area contributed by atoms with Gasteiger partial charge in [0.15, 0.2) is 10.4 Å². The molecule has 0 aliphatic carbocycles. The number of aromatic amines is 1. The van der Waals surface area contributed by atoms with Crippen molar-refractivity contribution in [2.24, 2.45) is 7.05 Å². The summed E-state index contributed by atoms with van der Waals surface area (Å²) < 4.78 is 4.57. The van der Waals surface area contributed by atoms with Crippen molar-refractivity contribution in [2.75, 3.05) is 0 Å². The summed E-state index contributed by atoms with van der Waals surface area (Å²) in [5, 5.41) is 4.39. The smallest absolute Gasteiger partial charge is 0.179 e. The van der Waals surface area contributed by atoms with Crippen molar-refractivity contribution in [1.29, 1.82) is 0 Å². The zero-order chi connectivity index (χ0) is 12.7. The van der Waals surface area contributed by atoms with Crippen LogP contribution in [0.2, 0.25) is 0 Å². The van der Waals surface area contributed by atoms with Crippen molar-refractivity contribution in [3.8, 4) is 0 Å². The van der Waals surface area contributed by atoms with Gasteiger partial charge < -0.3 is 4.98 Å². The van der Waals surface area contributed by atoms with Crippen molar-refractivity contribution in [3.63, 3.8) is 0 Å². The molecule has 3 aromatic rings. The molecule has 0 fully saturated rings. The van der Waals surface area contributed by atoms with Crippen LogP contribution in [0.1, 0.15) is 11.4 Å². The maximum atomic E-state index is 5.36. The van der Waals surface area contributed by atoms with Gasteiger partial charge >= 0.3 is 0 Å². The molecule has 0 radical (unpaired) electrons. The maximum Gasteiger partial charge on any atom is 0.179 e. The van der Waals surface area contributed by atoms with Crippen LogP contribution in [0.3, 0.4) is 0 Å². The van der Waals surface area contributed by atoms with E-state index in [1.807, 2.05) is 41.4 Å². The van der Waals surface area contributed by atoms with E-state index in [9.17, 15) is 0 Å². The number of nitrogens with zero attached hydrogens (tertiary/aromatic N) is 4. The van der Waals surface area contributed by atoms with Gasteiger partial charge in [0.25, 0.3) is 0 Å². The summed E-state index contributed by atoms with van der Waals surface area (Å²) in [6.45, 7) is 2.62. The van der Waals surface area contributed by atoms with E-state index in [-0.39, 0.29) is 0 Å². The first-order valence-electron chi connectivity index (χ1n) is 5.69. The number of fused-ring (bicyclic) bond motifs is 1. The van der Waals surface area contributed by atoms with Gasteiger partial charge in [0.2, 0.25) is 0 Å². The molecule has 1 N–H and O–H groups in total. The minimum atomic E-state index is 0.651. The van der Waals surface area contributed by atoms with Gasteiger partial charge in [-0.3, -0.25) is 14.2 Å². The highest BCUT2D eigenvalue weighted by atomic mass is 32.1. The molecule has 0 aliphatic heterocycles. The quantitative estimate of drug-likeness (QED) is 0.718. The Kier molecular flexibility index (Phi) is 2.52. The van der Waals surface area contributed by atoms with E-state index < -0.39 is 0 Å². The topological polar surface area (TPSA) is 51.4 Å². The molecule has 0 amide bonds.